The minimum atomic E-state index is -0.566. The maximum Gasteiger partial charge on any atom is 0.214 e. The van der Waals surface area contributed by atoms with E-state index < -0.39 is 5.95 Å². The molecule has 2 rings (SSSR count). The lowest BCUT2D eigenvalue weighted by molar-refractivity contribution is 0.584. The van der Waals surface area contributed by atoms with Gasteiger partial charge in [0, 0.05) is 22.4 Å². The fraction of sp³-hybridized carbons (Fsp3) is 0. The fourth-order valence-corrected chi connectivity index (χ4v) is 1.68. The van der Waals surface area contributed by atoms with Crippen molar-refractivity contribution in [2.45, 2.75) is 0 Å². The Balaban J connectivity index is 2.27. The van der Waals surface area contributed by atoms with E-state index in [0.717, 1.165) is 0 Å². The van der Waals surface area contributed by atoms with E-state index in [1.165, 1.54) is 24.4 Å². The van der Waals surface area contributed by atoms with Gasteiger partial charge in [-0.25, -0.2) is 9.37 Å². The average molecular weight is 285 g/mol. The monoisotopic (exact) mass is 284 g/mol. The van der Waals surface area contributed by atoms with Crippen molar-refractivity contribution in [2.75, 3.05) is 5.32 Å². The van der Waals surface area contributed by atoms with Gasteiger partial charge in [-0.3, -0.25) is 0 Å². The molecule has 0 unspecified atom stereocenters. The van der Waals surface area contributed by atoms with E-state index in [9.17, 15) is 8.78 Å². The van der Waals surface area contributed by atoms with E-state index in [4.69, 9.17) is 0 Å². The lowest BCUT2D eigenvalue weighted by Crippen LogP contribution is -1.93. The largest absolute Gasteiger partial charge is 0.354 e. The number of hydrogen-bond donors (Lipinski definition) is 1. The van der Waals surface area contributed by atoms with Gasteiger partial charge in [0.1, 0.15) is 5.82 Å². The van der Waals surface area contributed by atoms with Gasteiger partial charge in [-0.1, -0.05) is 0 Å². The van der Waals surface area contributed by atoms with Crippen LogP contribution in [0.1, 0.15) is 0 Å². The summed E-state index contributed by atoms with van der Waals surface area (Å²) in [7, 11) is 0. The minimum absolute atomic E-state index is 0.335. The van der Waals surface area contributed by atoms with Gasteiger partial charge >= 0.3 is 0 Å². The highest BCUT2D eigenvalue weighted by atomic mass is 79.9. The highest BCUT2D eigenvalue weighted by Crippen LogP contribution is 2.26. The zero-order valence-corrected chi connectivity index (χ0v) is 9.63. The lowest BCUT2D eigenvalue weighted by Gasteiger charge is -2.08. The molecule has 0 radical (unpaired) electrons. The predicted molar refractivity (Wildman–Crippen MR) is 61.6 cm³/mol. The van der Waals surface area contributed by atoms with Crippen LogP contribution in [0.3, 0.4) is 0 Å². The molecule has 0 spiro atoms. The molecule has 0 aliphatic heterocycles. The van der Waals surface area contributed by atoms with Crippen LogP contribution in [0.15, 0.2) is 41.0 Å². The molecule has 1 aromatic carbocycles. The summed E-state index contributed by atoms with van der Waals surface area (Å²) in [6.07, 6.45) is 1.36. The van der Waals surface area contributed by atoms with Gasteiger partial charge in [0.05, 0.1) is 5.69 Å². The molecular formula is C11H7BrF2N2. The van der Waals surface area contributed by atoms with Crippen LogP contribution in [0.25, 0.3) is 0 Å². The van der Waals surface area contributed by atoms with Crippen molar-refractivity contribution < 1.29 is 8.78 Å². The summed E-state index contributed by atoms with van der Waals surface area (Å²) in [5.41, 5.74) is 1.21. The highest BCUT2D eigenvalue weighted by molar-refractivity contribution is 9.10. The van der Waals surface area contributed by atoms with Gasteiger partial charge in [-0.05, 0) is 40.2 Å². The van der Waals surface area contributed by atoms with Crippen molar-refractivity contribution in [3.63, 3.8) is 0 Å². The number of rotatable bonds is 2. The molecule has 1 heterocycles. The summed E-state index contributed by atoms with van der Waals surface area (Å²) in [6, 6.07) is 7.11. The summed E-state index contributed by atoms with van der Waals surface area (Å²) in [5.74, 6) is -0.901. The molecule has 0 saturated heterocycles. The SMILES string of the molecule is Fc1ccc(Nc2ccnc(F)c2)c(Br)c1. The quantitative estimate of drug-likeness (QED) is 0.847. The van der Waals surface area contributed by atoms with E-state index in [1.54, 1.807) is 12.1 Å². The smallest absolute Gasteiger partial charge is 0.214 e. The van der Waals surface area contributed by atoms with E-state index in [2.05, 4.69) is 26.2 Å². The molecule has 0 atom stereocenters. The Morgan fingerprint density at radius 2 is 1.94 bits per heavy atom. The molecular weight excluding hydrogens is 278 g/mol. The molecule has 16 heavy (non-hydrogen) atoms. The first-order chi connectivity index (χ1) is 7.65. The molecule has 1 N–H and O–H groups in total. The highest BCUT2D eigenvalue weighted by Gasteiger charge is 2.02. The van der Waals surface area contributed by atoms with Gasteiger partial charge in [0.25, 0.3) is 0 Å². The zero-order chi connectivity index (χ0) is 11.5. The number of nitrogens with zero attached hydrogens (tertiary/aromatic N) is 1. The standard InChI is InChI=1S/C11H7BrF2N2/c12-9-5-7(13)1-2-10(9)16-8-3-4-15-11(14)6-8/h1-6H,(H,15,16). The fourth-order valence-electron chi connectivity index (χ4n) is 1.23. The first-order valence-corrected chi connectivity index (χ1v) is 5.28. The van der Waals surface area contributed by atoms with Crippen LogP contribution in [0, 0.1) is 11.8 Å². The van der Waals surface area contributed by atoms with E-state index in [1.807, 2.05) is 0 Å². The Bertz CT molecular complexity index is 517. The van der Waals surface area contributed by atoms with Crippen LogP contribution in [-0.4, -0.2) is 4.98 Å². The zero-order valence-electron chi connectivity index (χ0n) is 8.05. The van der Waals surface area contributed by atoms with Crippen LogP contribution < -0.4 is 5.32 Å². The Hall–Kier alpha value is -1.49. The first kappa shape index (κ1) is 11.0. The molecule has 0 bridgehead atoms. The molecule has 0 fully saturated rings. The number of pyridine rings is 1. The normalized spacial score (nSPS) is 10.2. The Morgan fingerprint density at radius 1 is 1.12 bits per heavy atom. The van der Waals surface area contributed by atoms with Crippen molar-refractivity contribution in [3.8, 4) is 0 Å². The van der Waals surface area contributed by atoms with E-state index >= 15 is 0 Å². The topological polar surface area (TPSA) is 24.9 Å². The van der Waals surface area contributed by atoms with Crippen LogP contribution >= 0.6 is 15.9 Å². The van der Waals surface area contributed by atoms with Crippen LogP contribution in [-0.2, 0) is 0 Å². The second kappa shape index (κ2) is 4.57. The number of benzene rings is 1. The molecule has 5 heteroatoms. The predicted octanol–water partition coefficient (Wildman–Crippen LogP) is 3.87. The second-order valence-electron chi connectivity index (χ2n) is 3.12. The van der Waals surface area contributed by atoms with Crippen LogP contribution in [0.5, 0.6) is 0 Å². The third-order valence-electron chi connectivity index (χ3n) is 1.94. The Kier molecular flexibility index (Phi) is 3.14. The molecule has 1 aromatic heterocycles. The molecule has 2 aromatic rings. The van der Waals surface area contributed by atoms with Gasteiger partial charge in [-0.2, -0.15) is 4.39 Å². The number of hydrogen-bond acceptors (Lipinski definition) is 2. The van der Waals surface area contributed by atoms with E-state index in [0.29, 0.717) is 15.8 Å². The minimum Gasteiger partial charge on any atom is -0.354 e. The summed E-state index contributed by atoms with van der Waals surface area (Å²) in [5, 5.41) is 2.95. The van der Waals surface area contributed by atoms with Crippen molar-refractivity contribution in [1.82, 2.24) is 4.98 Å². The van der Waals surface area contributed by atoms with Crippen molar-refractivity contribution in [2.24, 2.45) is 0 Å². The Labute approximate surface area is 99.5 Å². The summed E-state index contributed by atoms with van der Waals surface area (Å²) < 4.78 is 26.2. The molecule has 82 valence electrons. The summed E-state index contributed by atoms with van der Waals surface area (Å²) in [6.45, 7) is 0. The lowest BCUT2D eigenvalue weighted by atomic mass is 10.3. The Morgan fingerprint density at radius 3 is 2.62 bits per heavy atom. The van der Waals surface area contributed by atoms with E-state index in [-0.39, 0.29) is 5.82 Å². The number of anilines is 2. The average Bonchev–Trinajstić information content (AvgIpc) is 2.22. The van der Waals surface area contributed by atoms with Crippen LogP contribution in [0.4, 0.5) is 20.2 Å². The molecule has 0 saturated carbocycles. The van der Waals surface area contributed by atoms with Gasteiger partial charge in [0.15, 0.2) is 0 Å². The van der Waals surface area contributed by atoms with Gasteiger partial charge in [0.2, 0.25) is 5.95 Å². The summed E-state index contributed by atoms with van der Waals surface area (Å²) in [4.78, 5) is 3.44. The second-order valence-corrected chi connectivity index (χ2v) is 3.97. The van der Waals surface area contributed by atoms with Crippen molar-refractivity contribution in [1.29, 1.82) is 0 Å². The molecule has 0 aliphatic rings. The third-order valence-corrected chi connectivity index (χ3v) is 2.59. The van der Waals surface area contributed by atoms with Crippen molar-refractivity contribution in [3.05, 3.63) is 52.8 Å². The van der Waals surface area contributed by atoms with Gasteiger partial charge < -0.3 is 5.32 Å². The molecule has 0 amide bonds. The number of halogens is 3. The number of aromatic nitrogens is 1. The maximum absolute atomic E-state index is 12.8. The molecule has 2 nitrogen and oxygen atoms in total. The van der Waals surface area contributed by atoms with Crippen LogP contribution in [0.2, 0.25) is 0 Å². The first-order valence-electron chi connectivity index (χ1n) is 4.49. The number of nitrogens with one attached hydrogen (secondary N) is 1. The maximum atomic E-state index is 12.8. The van der Waals surface area contributed by atoms with Gasteiger partial charge in [-0.15, -0.1) is 0 Å². The summed E-state index contributed by atoms with van der Waals surface area (Å²) >= 11 is 3.21. The molecule has 0 aliphatic carbocycles. The van der Waals surface area contributed by atoms with Crippen molar-refractivity contribution >= 4 is 27.3 Å². The third kappa shape index (κ3) is 2.55.